The summed E-state index contributed by atoms with van der Waals surface area (Å²) in [5, 5.41) is 9.16. The van der Waals surface area contributed by atoms with Crippen LogP contribution in [0.2, 0.25) is 0 Å². The molecule has 0 aliphatic carbocycles. The van der Waals surface area contributed by atoms with Crippen LogP contribution in [0.4, 0.5) is 0 Å². The average Bonchev–Trinajstić information content (AvgIpc) is 2.94. The van der Waals surface area contributed by atoms with E-state index in [1.165, 1.54) is 11.3 Å². The molecule has 0 spiro atoms. The molecule has 1 aliphatic rings. The van der Waals surface area contributed by atoms with Crippen molar-refractivity contribution < 1.29 is 13.5 Å². The Balaban J connectivity index is 2.35. The first-order valence-corrected chi connectivity index (χ1v) is 8.48. The van der Waals surface area contributed by atoms with Crippen molar-refractivity contribution in [3.05, 3.63) is 16.5 Å². The van der Waals surface area contributed by atoms with Crippen molar-refractivity contribution in [2.45, 2.75) is 50.0 Å². The van der Waals surface area contributed by atoms with Gasteiger partial charge in [-0.15, -0.1) is 11.3 Å². The van der Waals surface area contributed by atoms with Crippen molar-refractivity contribution in [2.24, 2.45) is 0 Å². The highest BCUT2D eigenvalue weighted by Gasteiger charge is 2.35. The Morgan fingerprint density at radius 2 is 2.28 bits per heavy atom. The van der Waals surface area contributed by atoms with E-state index in [0.29, 0.717) is 10.8 Å². The molecule has 1 saturated heterocycles. The van der Waals surface area contributed by atoms with Crippen LogP contribution in [0.25, 0.3) is 0 Å². The van der Waals surface area contributed by atoms with Gasteiger partial charge in [-0.1, -0.05) is 6.92 Å². The van der Waals surface area contributed by atoms with E-state index in [1.807, 2.05) is 13.8 Å². The minimum absolute atomic E-state index is 0.0940. The molecule has 1 unspecified atom stereocenters. The molecule has 1 fully saturated rings. The van der Waals surface area contributed by atoms with Gasteiger partial charge >= 0.3 is 0 Å². The van der Waals surface area contributed by atoms with Gasteiger partial charge in [-0.25, -0.2) is 8.42 Å². The number of aryl methyl sites for hydroxylation is 1. The quantitative estimate of drug-likeness (QED) is 0.923. The summed E-state index contributed by atoms with van der Waals surface area (Å²) in [6, 6.07) is 1.81. The fourth-order valence-electron chi connectivity index (χ4n) is 2.42. The molecule has 1 aliphatic heterocycles. The lowest BCUT2D eigenvalue weighted by molar-refractivity contribution is 0.285. The second-order valence-corrected chi connectivity index (χ2v) is 7.90. The first-order valence-electron chi connectivity index (χ1n) is 6.22. The molecule has 4 nitrogen and oxygen atoms in total. The monoisotopic (exact) mass is 289 g/mol. The Bertz CT molecular complexity index is 521. The molecule has 1 N–H and O–H groups in total. The van der Waals surface area contributed by atoms with Gasteiger partial charge in [0.25, 0.3) is 10.0 Å². The number of aliphatic hydroxyl groups is 1. The van der Waals surface area contributed by atoms with Gasteiger partial charge in [0.2, 0.25) is 0 Å². The maximum absolute atomic E-state index is 12.5. The van der Waals surface area contributed by atoms with Crippen LogP contribution in [-0.2, 0) is 16.6 Å². The molecule has 6 heteroatoms. The van der Waals surface area contributed by atoms with Gasteiger partial charge in [-0.3, -0.25) is 0 Å². The molecule has 1 aromatic rings. The SMILES string of the molecule is CCC1CCCN1S(=O)(=O)c1cc(C)c(CO)s1. The van der Waals surface area contributed by atoms with Crippen molar-refractivity contribution in [3.63, 3.8) is 0 Å². The maximum Gasteiger partial charge on any atom is 0.252 e. The van der Waals surface area contributed by atoms with Crippen molar-refractivity contribution in [1.29, 1.82) is 0 Å². The van der Waals surface area contributed by atoms with E-state index in [1.54, 1.807) is 10.4 Å². The van der Waals surface area contributed by atoms with E-state index in [0.717, 1.165) is 29.7 Å². The van der Waals surface area contributed by atoms with E-state index in [-0.39, 0.29) is 12.6 Å². The Morgan fingerprint density at radius 1 is 1.56 bits per heavy atom. The number of nitrogens with zero attached hydrogens (tertiary/aromatic N) is 1. The summed E-state index contributed by atoms with van der Waals surface area (Å²) in [7, 11) is -3.37. The number of sulfonamides is 1. The van der Waals surface area contributed by atoms with Crippen LogP contribution >= 0.6 is 11.3 Å². The van der Waals surface area contributed by atoms with Gasteiger partial charge in [-0.05, 0) is 37.8 Å². The molecule has 1 aromatic heterocycles. The van der Waals surface area contributed by atoms with Gasteiger partial charge in [0.15, 0.2) is 0 Å². The third-order valence-electron chi connectivity index (χ3n) is 3.50. The Labute approximate surface area is 112 Å². The number of aliphatic hydroxyl groups excluding tert-OH is 1. The van der Waals surface area contributed by atoms with Crippen LogP contribution in [-0.4, -0.2) is 30.4 Å². The molecule has 0 bridgehead atoms. The summed E-state index contributed by atoms with van der Waals surface area (Å²) >= 11 is 1.19. The Kier molecular flexibility index (Phi) is 4.11. The molecule has 0 radical (unpaired) electrons. The lowest BCUT2D eigenvalue weighted by Crippen LogP contribution is -2.34. The summed E-state index contributed by atoms with van der Waals surface area (Å²) in [5.41, 5.74) is 0.855. The van der Waals surface area contributed by atoms with Crippen LogP contribution in [0.5, 0.6) is 0 Å². The van der Waals surface area contributed by atoms with Crippen molar-refractivity contribution in [1.82, 2.24) is 4.31 Å². The van der Waals surface area contributed by atoms with Gasteiger partial charge in [-0.2, -0.15) is 4.31 Å². The van der Waals surface area contributed by atoms with E-state index >= 15 is 0 Å². The summed E-state index contributed by atoms with van der Waals surface area (Å²) in [4.78, 5) is 0.737. The topological polar surface area (TPSA) is 57.6 Å². The summed E-state index contributed by atoms with van der Waals surface area (Å²) in [5.74, 6) is 0. The lowest BCUT2D eigenvalue weighted by Gasteiger charge is -2.21. The minimum Gasteiger partial charge on any atom is -0.391 e. The third kappa shape index (κ3) is 2.34. The molecule has 1 atom stereocenters. The molecule has 18 heavy (non-hydrogen) atoms. The maximum atomic E-state index is 12.5. The summed E-state index contributed by atoms with van der Waals surface area (Å²) < 4.78 is 27.1. The molecule has 0 saturated carbocycles. The van der Waals surface area contributed by atoms with E-state index < -0.39 is 10.0 Å². The van der Waals surface area contributed by atoms with E-state index in [9.17, 15) is 8.42 Å². The predicted molar refractivity (Wildman–Crippen MR) is 72.2 cm³/mol. The zero-order valence-electron chi connectivity index (χ0n) is 10.7. The van der Waals surface area contributed by atoms with Crippen molar-refractivity contribution in [3.8, 4) is 0 Å². The molecule has 0 aromatic carbocycles. The second-order valence-electron chi connectivity index (χ2n) is 4.65. The zero-order chi connectivity index (χ0) is 13.3. The highest BCUT2D eigenvalue weighted by Crippen LogP contribution is 2.33. The van der Waals surface area contributed by atoms with E-state index in [2.05, 4.69) is 0 Å². The molecular weight excluding hydrogens is 270 g/mol. The first kappa shape index (κ1) is 14.0. The number of rotatable bonds is 4. The van der Waals surface area contributed by atoms with Crippen LogP contribution in [0.3, 0.4) is 0 Å². The van der Waals surface area contributed by atoms with Gasteiger partial charge < -0.3 is 5.11 Å². The summed E-state index contributed by atoms with van der Waals surface area (Å²) in [6.07, 6.45) is 2.75. The molecular formula is C12H19NO3S2. The van der Waals surface area contributed by atoms with E-state index in [4.69, 9.17) is 5.11 Å². The number of hydrogen-bond acceptors (Lipinski definition) is 4. The zero-order valence-corrected chi connectivity index (χ0v) is 12.4. The largest absolute Gasteiger partial charge is 0.391 e. The van der Waals surface area contributed by atoms with Gasteiger partial charge in [0.1, 0.15) is 4.21 Å². The Morgan fingerprint density at radius 3 is 2.83 bits per heavy atom. The fraction of sp³-hybridized carbons (Fsp3) is 0.667. The molecule has 102 valence electrons. The van der Waals surface area contributed by atoms with Crippen LogP contribution in [0, 0.1) is 6.92 Å². The minimum atomic E-state index is -3.37. The molecule has 2 heterocycles. The fourth-order valence-corrected chi connectivity index (χ4v) is 5.77. The average molecular weight is 289 g/mol. The van der Waals surface area contributed by atoms with Crippen molar-refractivity contribution >= 4 is 21.4 Å². The number of hydrogen-bond donors (Lipinski definition) is 1. The highest BCUT2D eigenvalue weighted by molar-refractivity contribution is 7.91. The number of thiophene rings is 1. The highest BCUT2D eigenvalue weighted by atomic mass is 32.2. The normalized spacial score (nSPS) is 21.6. The molecule has 0 amide bonds. The standard InChI is InChI=1S/C12H19NO3S2/c1-3-10-5-4-6-13(10)18(15,16)12-7-9(2)11(8-14)17-12/h7,10,14H,3-6,8H2,1-2H3. The van der Waals surface area contributed by atoms with Gasteiger partial charge in [0.05, 0.1) is 6.61 Å². The van der Waals surface area contributed by atoms with Crippen LogP contribution in [0.15, 0.2) is 10.3 Å². The Hall–Kier alpha value is -0.430. The van der Waals surface area contributed by atoms with Crippen LogP contribution in [0.1, 0.15) is 36.6 Å². The predicted octanol–water partition coefficient (Wildman–Crippen LogP) is 2.11. The first-order chi connectivity index (χ1) is 8.50. The smallest absolute Gasteiger partial charge is 0.252 e. The second kappa shape index (κ2) is 5.28. The van der Waals surface area contributed by atoms with Gasteiger partial charge in [0, 0.05) is 17.5 Å². The van der Waals surface area contributed by atoms with Crippen LogP contribution < -0.4 is 0 Å². The van der Waals surface area contributed by atoms with Crippen molar-refractivity contribution in [2.75, 3.05) is 6.54 Å². The molecule has 2 rings (SSSR count). The summed E-state index contributed by atoms with van der Waals surface area (Å²) in [6.45, 7) is 4.38. The lowest BCUT2D eigenvalue weighted by atomic mass is 10.2. The third-order valence-corrected chi connectivity index (χ3v) is 7.12.